The number of nitrogens with two attached hydrogens (primary N) is 1. The highest BCUT2D eigenvalue weighted by molar-refractivity contribution is 6.11. The predicted octanol–water partition coefficient (Wildman–Crippen LogP) is 2.87. The van der Waals surface area contributed by atoms with Crippen LogP contribution in [0, 0.1) is 6.92 Å². The molecule has 3 aromatic rings. The molecule has 0 aliphatic heterocycles. The highest BCUT2D eigenvalue weighted by atomic mass is 16.5. The Morgan fingerprint density at radius 2 is 1.72 bits per heavy atom. The van der Waals surface area contributed by atoms with E-state index < -0.39 is 24.1 Å². The Morgan fingerprint density at radius 1 is 1.07 bits per heavy atom. The molecule has 0 aliphatic carbocycles. The summed E-state index contributed by atoms with van der Waals surface area (Å²) in [4.78, 5) is 40.1. The van der Waals surface area contributed by atoms with Crippen molar-refractivity contribution >= 4 is 28.7 Å². The van der Waals surface area contributed by atoms with Crippen LogP contribution in [0.2, 0.25) is 0 Å². The van der Waals surface area contributed by atoms with Crippen molar-refractivity contribution in [2.75, 3.05) is 0 Å². The van der Waals surface area contributed by atoms with Gasteiger partial charge in [0.15, 0.2) is 6.10 Å². The van der Waals surface area contributed by atoms with Crippen LogP contribution < -0.4 is 11.1 Å². The largest absolute Gasteiger partial charge is 0.453 e. The summed E-state index contributed by atoms with van der Waals surface area (Å²) in [6.07, 6.45) is -0.816. The zero-order valence-electron chi connectivity index (χ0n) is 16.3. The van der Waals surface area contributed by atoms with Gasteiger partial charge in [-0.1, -0.05) is 48.5 Å². The second kappa shape index (κ2) is 8.60. The monoisotopic (exact) mass is 393 g/mol. The number of aryl methyl sites for hydroxylation is 1. The molecule has 7 nitrogen and oxygen atoms in total. The number of para-hydroxylation sites is 1. The number of hydrogen-bond donors (Lipinski definition) is 3. The highest BCUT2D eigenvalue weighted by Gasteiger charge is 2.28. The molecule has 150 valence electrons. The van der Waals surface area contributed by atoms with Crippen LogP contribution in [0.15, 0.2) is 54.6 Å². The van der Waals surface area contributed by atoms with Crippen molar-refractivity contribution in [3.05, 3.63) is 71.4 Å². The SMILES string of the molecule is Cc1[nH]c2ccccc2c1C(=O)[C@H](C)OC(=O)[C@H](Cc1ccccc1)NC(N)=O. The molecule has 0 spiro atoms. The van der Waals surface area contributed by atoms with Crippen molar-refractivity contribution in [1.29, 1.82) is 0 Å². The van der Waals surface area contributed by atoms with E-state index in [0.717, 1.165) is 16.5 Å². The number of aromatic amines is 1. The number of primary amides is 1. The molecule has 1 heterocycles. The zero-order chi connectivity index (χ0) is 21.0. The maximum absolute atomic E-state index is 13.0. The molecule has 2 amide bonds. The van der Waals surface area contributed by atoms with Crippen molar-refractivity contribution in [3.63, 3.8) is 0 Å². The van der Waals surface area contributed by atoms with Gasteiger partial charge >= 0.3 is 12.0 Å². The van der Waals surface area contributed by atoms with Crippen LogP contribution in [-0.4, -0.2) is 34.9 Å². The quantitative estimate of drug-likeness (QED) is 0.423. The van der Waals surface area contributed by atoms with E-state index in [4.69, 9.17) is 10.5 Å². The van der Waals surface area contributed by atoms with Gasteiger partial charge in [0.05, 0.1) is 0 Å². The van der Waals surface area contributed by atoms with Crippen molar-refractivity contribution < 1.29 is 19.1 Å². The number of carbonyl (C=O) groups excluding carboxylic acids is 3. The Bertz CT molecular complexity index is 1040. The molecule has 1 aromatic heterocycles. The number of amides is 2. The summed E-state index contributed by atoms with van der Waals surface area (Å²) < 4.78 is 5.40. The minimum absolute atomic E-state index is 0.204. The van der Waals surface area contributed by atoms with Crippen LogP contribution in [0.3, 0.4) is 0 Å². The lowest BCUT2D eigenvalue weighted by molar-refractivity contribution is -0.148. The van der Waals surface area contributed by atoms with Gasteiger partial charge in [-0.05, 0) is 25.5 Å². The van der Waals surface area contributed by atoms with Crippen molar-refractivity contribution in [2.45, 2.75) is 32.4 Å². The summed E-state index contributed by atoms with van der Waals surface area (Å²) in [6.45, 7) is 3.32. The molecule has 2 atom stereocenters. The average molecular weight is 393 g/mol. The van der Waals surface area contributed by atoms with Gasteiger partial charge in [0.1, 0.15) is 6.04 Å². The van der Waals surface area contributed by atoms with E-state index in [1.54, 1.807) is 6.92 Å². The van der Waals surface area contributed by atoms with Crippen LogP contribution in [0.1, 0.15) is 28.5 Å². The van der Waals surface area contributed by atoms with E-state index in [9.17, 15) is 14.4 Å². The number of hydrogen-bond acceptors (Lipinski definition) is 4. The van der Waals surface area contributed by atoms with Crippen molar-refractivity contribution in [3.8, 4) is 0 Å². The molecule has 3 rings (SSSR count). The number of ketones is 1. The molecule has 7 heteroatoms. The first-order chi connectivity index (χ1) is 13.9. The first-order valence-corrected chi connectivity index (χ1v) is 9.28. The molecular formula is C22H23N3O4. The topological polar surface area (TPSA) is 114 Å². The van der Waals surface area contributed by atoms with E-state index >= 15 is 0 Å². The van der Waals surface area contributed by atoms with Gasteiger partial charge in [0, 0.05) is 28.6 Å². The third kappa shape index (κ3) is 4.63. The summed E-state index contributed by atoms with van der Waals surface area (Å²) in [5.74, 6) is -1.03. The third-order valence-electron chi connectivity index (χ3n) is 4.69. The first kappa shape index (κ1) is 20.1. The molecule has 0 radical (unpaired) electrons. The standard InChI is InChI=1S/C22H23N3O4/c1-13-19(16-10-6-7-11-17(16)24-13)20(26)14(2)29-21(27)18(25-22(23)28)12-15-8-4-3-5-9-15/h3-11,14,18,24H,12H2,1-2H3,(H3,23,25,28)/t14-,18-/m0/s1. The number of ether oxygens (including phenoxy) is 1. The van der Waals surface area contributed by atoms with Crippen LogP contribution >= 0.6 is 0 Å². The summed E-state index contributed by atoms with van der Waals surface area (Å²) in [6, 6.07) is 14.8. The highest BCUT2D eigenvalue weighted by Crippen LogP contribution is 2.24. The van der Waals surface area contributed by atoms with Crippen molar-refractivity contribution in [2.24, 2.45) is 5.73 Å². The lowest BCUT2D eigenvalue weighted by Crippen LogP contribution is -2.47. The second-order valence-electron chi connectivity index (χ2n) is 6.86. The van der Waals surface area contributed by atoms with Gasteiger partial charge in [-0.25, -0.2) is 9.59 Å². The van der Waals surface area contributed by atoms with Gasteiger partial charge in [-0.3, -0.25) is 4.79 Å². The van der Waals surface area contributed by atoms with Crippen LogP contribution in [-0.2, 0) is 16.0 Å². The fraction of sp³-hybridized carbons (Fsp3) is 0.227. The molecule has 29 heavy (non-hydrogen) atoms. The van der Waals surface area contributed by atoms with E-state index in [1.807, 2.05) is 54.6 Å². The summed E-state index contributed by atoms with van der Waals surface area (Å²) >= 11 is 0. The Kier molecular flexibility index (Phi) is 5.97. The molecule has 0 saturated heterocycles. The second-order valence-corrected chi connectivity index (χ2v) is 6.86. The first-order valence-electron chi connectivity index (χ1n) is 9.28. The molecule has 2 aromatic carbocycles. The van der Waals surface area contributed by atoms with Crippen LogP contribution in [0.25, 0.3) is 10.9 Å². The number of fused-ring (bicyclic) bond motifs is 1. The van der Waals surface area contributed by atoms with Gasteiger partial charge in [-0.15, -0.1) is 0 Å². The number of aromatic nitrogens is 1. The number of rotatable bonds is 7. The smallest absolute Gasteiger partial charge is 0.329 e. The summed E-state index contributed by atoms with van der Waals surface area (Å²) in [5, 5.41) is 3.17. The van der Waals surface area contributed by atoms with E-state index in [1.165, 1.54) is 6.92 Å². The van der Waals surface area contributed by atoms with E-state index in [0.29, 0.717) is 11.3 Å². The molecule has 0 unspecified atom stereocenters. The lowest BCUT2D eigenvalue weighted by atomic mass is 10.0. The molecule has 0 saturated carbocycles. The molecule has 4 N–H and O–H groups in total. The van der Waals surface area contributed by atoms with Crippen LogP contribution in [0.5, 0.6) is 0 Å². The Balaban J connectivity index is 1.77. The molecular weight excluding hydrogens is 370 g/mol. The maximum atomic E-state index is 13.0. The fourth-order valence-corrected chi connectivity index (χ4v) is 3.32. The molecule has 0 bridgehead atoms. The molecule has 0 fully saturated rings. The van der Waals surface area contributed by atoms with E-state index in [2.05, 4.69) is 10.3 Å². The minimum atomic E-state index is -1.02. The number of urea groups is 1. The maximum Gasteiger partial charge on any atom is 0.329 e. The third-order valence-corrected chi connectivity index (χ3v) is 4.69. The van der Waals surface area contributed by atoms with Crippen LogP contribution in [0.4, 0.5) is 4.79 Å². The number of esters is 1. The number of nitrogens with one attached hydrogen (secondary N) is 2. The Labute approximate surface area is 168 Å². The van der Waals surface area contributed by atoms with Gasteiger partial charge in [-0.2, -0.15) is 0 Å². The van der Waals surface area contributed by atoms with Gasteiger partial charge < -0.3 is 20.8 Å². The number of Topliss-reactive ketones (excluding diaryl/α,β-unsaturated/α-hetero) is 1. The van der Waals surface area contributed by atoms with E-state index in [-0.39, 0.29) is 12.2 Å². The normalized spacial score (nSPS) is 12.9. The number of benzene rings is 2. The van der Waals surface area contributed by atoms with Gasteiger partial charge in [0.2, 0.25) is 5.78 Å². The lowest BCUT2D eigenvalue weighted by Gasteiger charge is -2.19. The Hall–Kier alpha value is -3.61. The zero-order valence-corrected chi connectivity index (χ0v) is 16.3. The fourth-order valence-electron chi connectivity index (χ4n) is 3.32. The minimum Gasteiger partial charge on any atom is -0.453 e. The average Bonchev–Trinajstić information content (AvgIpc) is 3.02. The number of carbonyl (C=O) groups is 3. The summed E-state index contributed by atoms with van der Waals surface area (Å²) in [7, 11) is 0. The Morgan fingerprint density at radius 3 is 2.41 bits per heavy atom. The van der Waals surface area contributed by atoms with Gasteiger partial charge in [0.25, 0.3) is 0 Å². The number of H-pyrrole nitrogens is 1. The molecule has 0 aliphatic rings. The predicted molar refractivity (Wildman–Crippen MR) is 110 cm³/mol. The summed E-state index contributed by atoms with van der Waals surface area (Å²) in [5.41, 5.74) is 8.06. The van der Waals surface area contributed by atoms with Crippen molar-refractivity contribution in [1.82, 2.24) is 10.3 Å².